The van der Waals surface area contributed by atoms with Crippen LogP contribution in [-0.4, -0.2) is 4.98 Å². The smallest absolute Gasteiger partial charge is 0.0464 e. The zero-order chi connectivity index (χ0) is 14.0. The van der Waals surface area contributed by atoms with Crippen LogP contribution in [0.15, 0.2) is 49.6 Å². The Bertz CT molecular complexity index is 656. The van der Waals surface area contributed by atoms with Crippen molar-refractivity contribution in [1.29, 1.82) is 0 Å². The summed E-state index contributed by atoms with van der Waals surface area (Å²) in [6, 6.07) is 6.63. The molecule has 1 heterocycles. The van der Waals surface area contributed by atoms with E-state index in [9.17, 15) is 0 Å². The third kappa shape index (κ3) is 2.55. The number of aryl methyl sites for hydroxylation is 2. The van der Waals surface area contributed by atoms with Crippen LogP contribution in [0.5, 0.6) is 0 Å². The molecule has 2 aromatic rings. The molecule has 0 spiro atoms. The van der Waals surface area contributed by atoms with E-state index in [0.29, 0.717) is 0 Å². The number of H-pyrrole nitrogens is 1. The monoisotopic (exact) mass is 251 g/mol. The second kappa shape index (κ2) is 5.31. The fourth-order valence-corrected chi connectivity index (χ4v) is 2.34. The molecule has 0 aliphatic rings. The lowest BCUT2D eigenvalue weighted by Crippen LogP contribution is -1.88. The molecule has 0 fully saturated rings. The lowest BCUT2D eigenvalue weighted by molar-refractivity contribution is 0.914. The van der Waals surface area contributed by atoms with Gasteiger partial charge in [0.25, 0.3) is 0 Å². The van der Waals surface area contributed by atoms with Crippen molar-refractivity contribution in [3.05, 3.63) is 66.4 Å². The fourth-order valence-electron chi connectivity index (χ4n) is 2.34. The van der Waals surface area contributed by atoms with Gasteiger partial charge in [0.15, 0.2) is 0 Å². The molecule has 2 rings (SSSR count). The number of nitrogens with one attached hydrogen (secondary N) is 1. The summed E-state index contributed by atoms with van der Waals surface area (Å²) < 4.78 is 0. The number of aromatic amines is 1. The summed E-state index contributed by atoms with van der Waals surface area (Å²) >= 11 is 0. The van der Waals surface area contributed by atoms with Crippen molar-refractivity contribution in [2.24, 2.45) is 0 Å². The number of fused-ring (bicyclic) bond motifs is 1. The van der Waals surface area contributed by atoms with Gasteiger partial charge in [-0.3, -0.25) is 0 Å². The molecule has 0 radical (unpaired) electrons. The molecule has 1 aromatic carbocycles. The second-order valence-corrected chi connectivity index (χ2v) is 5.01. The van der Waals surface area contributed by atoms with E-state index in [4.69, 9.17) is 0 Å². The molecule has 1 aromatic heterocycles. The van der Waals surface area contributed by atoms with Crippen LogP contribution < -0.4 is 0 Å². The fraction of sp³-hybridized carbons (Fsp3) is 0.222. The zero-order valence-electron chi connectivity index (χ0n) is 11.8. The first kappa shape index (κ1) is 13.4. The molecule has 98 valence electrons. The van der Waals surface area contributed by atoms with E-state index < -0.39 is 0 Å². The summed E-state index contributed by atoms with van der Waals surface area (Å²) in [4.78, 5) is 3.43. The van der Waals surface area contributed by atoms with Crippen LogP contribution in [-0.2, 0) is 6.42 Å². The largest absolute Gasteiger partial charge is 0.355 e. The van der Waals surface area contributed by atoms with Gasteiger partial charge in [-0.2, -0.15) is 0 Å². The van der Waals surface area contributed by atoms with Gasteiger partial charge in [-0.25, -0.2) is 0 Å². The van der Waals surface area contributed by atoms with Gasteiger partial charge in [0.2, 0.25) is 0 Å². The molecule has 1 nitrogen and oxygen atoms in total. The average Bonchev–Trinajstić information content (AvgIpc) is 2.80. The minimum absolute atomic E-state index is 0.858. The number of aromatic nitrogens is 1. The molecule has 0 bridgehead atoms. The number of rotatable bonds is 5. The van der Waals surface area contributed by atoms with Gasteiger partial charge >= 0.3 is 0 Å². The summed E-state index contributed by atoms with van der Waals surface area (Å²) in [6.07, 6.45) is 4.03. The highest BCUT2D eigenvalue weighted by Gasteiger charge is 2.08. The van der Waals surface area contributed by atoms with Crippen LogP contribution in [0.1, 0.15) is 30.2 Å². The van der Waals surface area contributed by atoms with Gasteiger partial charge in [0.05, 0.1) is 0 Å². The number of benzene rings is 1. The molecule has 0 saturated heterocycles. The highest BCUT2D eigenvalue weighted by molar-refractivity contribution is 5.89. The van der Waals surface area contributed by atoms with Crippen molar-refractivity contribution in [2.45, 2.75) is 26.7 Å². The Hall–Kier alpha value is -2.02. The van der Waals surface area contributed by atoms with Gasteiger partial charge in [-0.1, -0.05) is 39.2 Å². The first-order valence-electron chi connectivity index (χ1n) is 6.70. The van der Waals surface area contributed by atoms with E-state index in [1.807, 2.05) is 0 Å². The SMILES string of the molecule is C=CC(=C)C(=C)c1cc2cc(C)c(CCC)cc2[nH]1. The highest BCUT2D eigenvalue weighted by atomic mass is 14.7. The summed E-state index contributed by atoms with van der Waals surface area (Å²) in [5.74, 6) is 0. The van der Waals surface area contributed by atoms with Gasteiger partial charge in [0.1, 0.15) is 0 Å². The summed E-state index contributed by atoms with van der Waals surface area (Å²) in [5, 5.41) is 1.23. The van der Waals surface area contributed by atoms with Gasteiger partial charge in [-0.05, 0) is 53.8 Å². The van der Waals surface area contributed by atoms with Crippen LogP contribution in [0.3, 0.4) is 0 Å². The Morgan fingerprint density at radius 1 is 1.26 bits per heavy atom. The van der Waals surface area contributed by atoms with Crippen LogP contribution in [0.25, 0.3) is 16.5 Å². The molecular weight excluding hydrogens is 230 g/mol. The minimum atomic E-state index is 0.858. The average molecular weight is 251 g/mol. The van der Waals surface area contributed by atoms with Crippen LogP contribution in [0, 0.1) is 6.92 Å². The maximum Gasteiger partial charge on any atom is 0.0464 e. The van der Waals surface area contributed by atoms with E-state index in [0.717, 1.165) is 23.3 Å². The quantitative estimate of drug-likeness (QED) is 0.704. The van der Waals surface area contributed by atoms with Crippen LogP contribution >= 0.6 is 0 Å². The Morgan fingerprint density at radius 2 is 2.00 bits per heavy atom. The molecule has 0 unspecified atom stereocenters. The van der Waals surface area contributed by atoms with Crippen molar-refractivity contribution in [3.8, 4) is 0 Å². The maximum atomic E-state index is 4.07. The van der Waals surface area contributed by atoms with Crippen molar-refractivity contribution in [2.75, 3.05) is 0 Å². The molecule has 0 amide bonds. The zero-order valence-corrected chi connectivity index (χ0v) is 11.8. The summed E-state index contributed by atoms with van der Waals surface area (Å²) in [7, 11) is 0. The van der Waals surface area contributed by atoms with Crippen molar-refractivity contribution in [1.82, 2.24) is 4.98 Å². The molecule has 0 aliphatic carbocycles. The van der Waals surface area contributed by atoms with Crippen LogP contribution in [0.2, 0.25) is 0 Å². The third-order valence-corrected chi connectivity index (χ3v) is 3.56. The lowest BCUT2D eigenvalue weighted by Gasteiger charge is -2.04. The Morgan fingerprint density at radius 3 is 2.63 bits per heavy atom. The Balaban J connectivity index is 2.48. The molecule has 0 saturated carbocycles. The van der Waals surface area contributed by atoms with E-state index in [2.05, 4.69) is 56.8 Å². The summed E-state index contributed by atoms with van der Waals surface area (Å²) in [6.45, 7) is 16.1. The predicted octanol–water partition coefficient (Wildman–Crippen LogP) is 5.18. The molecule has 1 N–H and O–H groups in total. The van der Waals surface area contributed by atoms with Gasteiger partial charge in [0, 0.05) is 16.6 Å². The second-order valence-electron chi connectivity index (χ2n) is 5.01. The Kier molecular flexibility index (Phi) is 3.75. The first-order valence-corrected chi connectivity index (χ1v) is 6.70. The first-order chi connectivity index (χ1) is 9.06. The van der Waals surface area contributed by atoms with E-state index in [1.165, 1.54) is 28.5 Å². The van der Waals surface area contributed by atoms with Crippen molar-refractivity contribution in [3.63, 3.8) is 0 Å². The standard InChI is InChI=1S/C18H21N/c1-6-8-15-10-18-16(9-13(15)4)11-17(19-18)14(5)12(3)7-2/h7,9-11,19H,2-3,5-6,8H2,1,4H3. The molecular formula is C18H21N. The molecule has 19 heavy (non-hydrogen) atoms. The normalized spacial score (nSPS) is 10.6. The third-order valence-electron chi connectivity index (χ3n) is 3.56. The number of hydrogen-bond acceptors (Lipinski definition) is 0. The Labute approximate surface area is 115 Å². The van der Waals surface area contributed by atoms with Crippen molar-refractivity contribution < 1.29 is 0 Å². The topological polar surface area (TPSA) is 15.8 Å². The molecule has 1 heteroatoms. The highest BCUT2D eigenvalue weighted by Crippen LogP contribution is 2.27. The number of hydrogen-bond donors (Lipinski definition) is 1. The summed E-state index contributed by atoms with van der Waals surface area (Å²) in [5.41, 5.74) is 6.72. The van der Waals surface area contributed by atoms with Gasteiger partial charge in [-0.15, -0.1) is 0 Å². The minimum Gasteiger partial charge on any atom is -0.355 e. The van der Waals surface area contributed by atoms with E-state index in [-0.39, 0.29) is 0 Å². The predicted molar refractivity (Wildman–Crippen MR) is 85.4 cm³/mol. The lowest BCUT2D eigenvalue weighted by atomic mass is 10.0. The van der Waals surface area contributed by atoms with Crippen LogP contribution in [0.4, 0.5) is 0 Å². The van der Waals surface area contributed by atoms with E-state index >= 15 is 0 Å². The molecule has 0 aliphatic heterocycles. The number of allylic oxidation sites excluding steroid dienone is 3. The van der Waals surface area contributed by atoms with E-state index in [1.54, 1.807) is 6.08 Å². The molecule has 0 atom stereocenters. The van der Waals surface area contributed by atoms with Crippen molar-refractivity contribution >= 4 is 16.5 Å². The van der Waals surface area contributed by atoms with Gasteiger partial charge < -0.3 is 4.98 Å². The maximum absolute atomic E-state index is 4.07.